The van der Waals surface area contributed by atoms with Crippen molar-refractivity contribution in [1.82, 2.24) is 0 Å². The van der Waals surface area contributed by atoms with Crippen molar-refractivity contribution in [3.05, 3.63) is 63.0 Å². The molecule has 0 N–H and O–H groups in total. The molecule has 0 atom stereocenters. The third kappa shape index (κ3) is 5.74. The summed E-state index contributed by atoms with van der Waals surface area (Å²) in [4.78, 5) is 11.6. The molecule has 0 saturated carbocycles. The molecule has 0 unspecified atom stereocenters. The molecule has 152 valence electrons. The first-order valence-electron chi connectivity index (χ1n) is 8.78. The topological polar surface area (TPSA) is 39.4 Å². The maximum Gasteiger partial charge on any atom is 0.417 e. The number of alkyl halides is 4. The molecule has 3 nitrogen and oxygen atoms in total. The first-order chi connectivity index (χ1) is 13.1. The van der Waals surface area contributed by atoms with Gasteiger partial charge in [0.15, 0.2) is 0 Å². The lowest BCUT2D eigenvalue weighted by Gasteiger charge is -2.14. The Hall–Kier alpha value is -2.02. The van der Waals surface area contributed by atoms with Crippen LogP contribution in [-0.2, 0) is 6.18 Å². The average molecular weight is 459 g/mol. The Labute approximate surface area is 170 Å². The van der Waals surface area contributed by atoms with E-state index in [0.29, 0.717) is 24.0 Å². The standard InChI is InChI=1S/C21H22BrF3O3/c1-13(9-10-22)5-4-6-14(2)12-27-18-8-7-16-17(21(23,24)25)11-19(26)28-20(16)15(18)3/h6-9,11H,4-5,10,12H2,1-3H3/b13-9+,14-6+. The van der Waals surface area contributed by atoms with E-state index in [1.807, 2.05) is 6.92 Å². The summed E-state index contributed by atoms with van der Waals surface area (Å²) in [7, 11) is 0. The zero-order valence-electron chi connectivity index (χ0n) is 16.0. The van der Waals surface area contributed by atoms with Gasteiger partial charge < -0.3 is 9.15 Å². The van der Waals surface area contributed by atoms with Crippen molar-refractivity contribution in [2.45, 2.75) is 39.8 Å². The number of rotatable bonds is 7. The second kappa shape index (κ2) is 9.45. The molecule has 0 radical (unpaired) electrons. The molecule has 28 heavy (non-hydrogen) atoms. The summed E-state index contributed by atoms with van der Waals surface area (Å²) in [6.45, 7) is 5.88. The van der Waals surface area contributed by atoms with Crippen LogP contribution >= 0.6 is 15.9 Å². The minimum Gasteiger partial charge on any atom is -0.489 e. The first kappa shape index (κ1) is 22.3. The normalized spacial score (nSPS) is 13.2. The Morgan fingerprint density at radius 1 is 1.21 bits per heavy atom. The molecule has 0 amide bonds. The molecule has 0 fully saturated rings. The molecule has 0 aliphatic carbocycles. The Bertz CT molecular complexity index is 956. The van der Waals surface area contributed by atoms with E-state index >= 15 is 0 Å². The van der Waals surface area contributed by atoms with E-state index in [-0.39, 0.29) is 11.0 Å². The lowest BCUT2D eigenvalue weighted by molar-refractivity contribution is -0.136. The lowest BCUT2D eigenvalue weighted by Crippen LogP contribution is -2.11. The Morgan fingerprint density at radius 2 is 1.93 bits per heavy atom. The highest BCUT2D eigenvalue weighted by Gasteiger charge is 2.34. The summed E-state index contributed by atoms with van der Waals surface area (Å²) in [6, 6.07) is 3.22. The van der Waals surface area contributed by atoms with E-state index in [0.717, 1.165) is 23.7 Å². The van der Waals surface area contributed by atoms with Gasteiger partial charge >= 0.3 is 11.8 Å². The fourth-order valence-corrected chi connectivity index (χ4v) is 3.32. The number of hydrogen-bond donors (Lipinski definition) is 0. The highest BCUT2D eigenvalue weighted by Crippen LogP contribution is 2.36. The fourth-order valence-electron chi connectivity index (χ4n) is 2.76. The van der Waals surface area contributed by atoms with Gasteiger partial charge in [-0.05, 0) is 51.3 Å². The summed E-state index contributed by atoms with van der Waals surface area (Å²) in [6.07, 6.45) is 1.38. The summed E-state index contributed by atoms with van der Waals surface area (Å²) >= 11 is 3.36. The number of allylic oxidation sites excluding steroid dienone is 3. The van der Waals surface area contributed by atoms with Gasteiger partial charge in [0.2, 0.25) is 0 Å². The van der Waals surface area contributed by atoms with E-state index in [2.05, 4.69) is 35.0 Å². The highest BCUT2D eigenvalue weighted by atomic mass is 79.9. The van der Waals surface area contributed by atoms with Gasteiger partial charge in [-0.3, -0.25) is 0 Å². The molecule has 0 bridgehead atoms. The lowest BCUT2D eigenvalue weighted by atomic mass is 10.1. The van der Waals surface area contributed by atoms with Crippen molar-refractivity contribution < 1.29 is 22.3 Å². The summed E-state index contributed by atoms with van der Waals surface area (Å²) in [5.74, 6) is 0.387. The van der Waals surface area contributed by atoms with Crippen molar-refractivity contribution in [3.8, 4) is 5.75 Å². The fraction of sp³-hybridized carbons (Fsp3) is 0.381. The molecule has 0 aliphatic rings. The number of aryl methyl sites for hydroxylation is 1. The van der Waals surface area contributed by atoms with E-state index < -0.39 is 17.4 Å². The Kier molecular flexibility index (Phi) is 7.52. The van der Waals surface area contributed by atoms with E-state index in [1.54, 1.807) is 6.92 Å². The molecule has 0 saturated heterocycles. The second-order valence-corrected chi connectivity index (χ2v) is 7.27. The minimum atomic E-state index is -4.64. The summed E-state index contributed by atoms with van der Waals surface area (Å²) < 4.78 is 50.3. The number of halogens is 4. The van der Waals surface area contributed by atoms with Crippen LogP contribution in [0.3, 0.4) is 0 Å². The van der Waals surface area contributed by atoms with Gasteiger partial charge in [-0.25, -0.2) is 4.79 Å². The molecule has 1 heterocycles. The van der Waals surface area contributed by atoms with Gasteiger partial charge in [0.25, 0.3) is 0 Å². The maximum atomic E-state index is 13.2. The van der Waals surface area contributed by atoms with Gasteiger partial charge in [0.05, 0.1) is 5.56 Å². The van der Waals surface area contributed by atoms with Crippen LogP contribution in [0.1, 0.15) is 37.8 Å². The smallest absolute Gasteiger partial charge is 0.417 e. The third-order valence-corrected chi connectivity index (χ3v) is 4.65. The highest BCUT2D eigenvalue weighted by molar-refractivity contribution is 9.09. The average Bonchev–Trinajstić information content (AvgIpc) is 2.60. The zero-order valence-corrected chi connectivity index (χ0v) is 17.5. The van der Waals surface area contributed by atoms with Crippen LogP contribution in [0.2, 0.25) is 0 Å². The zero-order chi connectivity index (χ0) is 20.9. The maximum absolute atomic E-state index is 13.2. The summed E-state index contributed by atoms with van der Waals surface area (Å²) in [5.41, 5.74) is 0.526. The third-order valence-electron chi connectivity index (χ3n) is 4.33. The number of fused-ring (bicyclic) bond motifs is 1. The predicted molar refractivity (Wildman–Crippen MR) is 108 cm³/mol. The quantitative estimate of drug-likeness (QED) is 0.267. The van der Waals surface area contributed by atoms with E-state index in [4.69, 9.17) is 9.15 Å². The van der Waals surface area contributed by atoms with Crippen molar-refractivity contribution in [1.29, 1.82) is 0 Å². The monoisotopic (exact) mass is 458 g/mol. The van der Waals surface area contributed by atoms with Crippen molar-refractivity contribution in [2.24, 2.45) is 0 Å². The van der Waals surface area contributed by atoms with Crippen molar-refractivity contribution >= 4 is 26.9 Å². The Morgan fingerprint density at radius 3 is 2.57 bits per heavy atom. The molecule has 0 spiro atoms. The van der Waals surface area contributed by atoms with Gasteiger partial charge in [-0.2, -0.15) is 13.2 Å². The molecule has 2 aromatic rings. The molecule has 2 rings (SSSR count). The second-order valence-electron chi connectivity index (χ2n) is 6.62. The first-order valence-corrected chi connectivity index (χ1v) is 9.90. The number of ether oxygens (including phenoxy) is 1. The van der Waals surface area contributed by atoms with E-state index in [1.165, 1.54) is 17.7 Å². The SMILES string of the molecule is C/C(=C\CBr)CC/C=C(\C)COc1ccc2c(C(F)(F)F)cc(=O)oc2c1C. The van der Waals surface area contributed by atoms with Crippen LogP contribution in [0.5, 0.6) is 5.75 Å². The minimum absolute atomic E-state index is 0.102. The van der Waals surface area contributed by atoms with Crippen molar-refractivity contribution in [3.63, 3.8) is 0 Å². The molecule has 0 aliphatic heterocycles. The van der Waals surface area contributed by atoms with E-state index in [9.17, 15) is 18.0 Å². The van der Waals surface area contributed by atoms with Gasteiger partial charge in [-0.1, -0.05) is 33.7 Å². The summed E-state index contributed by atoms with van der Waals surface area (Å²) in [5, 5.41) is 0.677. The van der Waals surface area contributed by atoms with Gasteiger partial charge in [-0.15, -0.1) is 0 Å². The van der Waals surface area contributed by atoms with Crippen LogP contribution in [0.4, 0.5) is 13.2 Å². The van der Waals surface area contributed by atoms with Crippen molar-refractivity contribution in [2.75, 3.05) is 11.9 Å². The van der Waals surface area contributed by atoms with Crippen LogP contribution in [0.15, 0.2) is 50.7 Å². The molecule has 7 heteroatoms. The van der Waals surface area contributed by atoms with Crippen LogP contribution in [0, 0.1) is 6.92 Å². The molecule has 1 aromatic carbocycles. The van der Waals surface area contributed by atoms with Crippen LogP contribution < -0.4 is 10.4 Å². The molecular formula is C21H22BrF3O3. The Balaban J connectivity index is 2.19. The van der Waals surface area contributed by atoms with Crippen LogP contribution in [-0.4, -0.2) is 11.9 Å². The van der Waals surface area contributed by atoms with Crippen LogP contribution in [0.25, 0.3) is 11.0 Å². The molecular weight excluding hydrogens is 437 g/mol. The predicted octanol–water partition coefficient (Wildman–Crippen LogP) is 6.57. The van der Waals surface area contributed by atoms with Gasteiger partial charge in [0, 0.05) is 22.3 Å². The number of hydrogen-bond acceptors (Lipinski definition) is 3. The molecule has 1 aromatic heterocycles. The number of benzene rings is 1. The van der Waals surface area contributed by atoms with Gasteiger partial charge in [0.1, 0.15) is 17.9 Å². The largest absolute Gasteiger partial charge is 0.489 e.